The van der Waals surface area contributed by atoms with Gasteiger partial charge >= 0.3 is 11.9 Å². The predicted molar refractivity (Wildman–Crippen MR) is 247 cm³/mol. The largest absolute Gasteiger partial charge is 0.466 e. The van der Waals surface area contributed by atoms with Gasteiger partial charge in [0.2, 0.25) is 5.91 Å². The Morgan fingerprint density at radius 2 is 0.912 bits per heavy atom. The number of nitrogens with zero attached hydrogens (tertiary/aromatic N) is 2. The van der Waals surface area contributed by atoms with E-state index in [0.29, 0.717) is 25.2 Å². The minimum absolute atomic E-state index is 0.0106. The number of unbranched alkanes of at least 4 members (excludes halogenated alkanes) is 24. The van der Waals surface area contributed by atoms with Gasteiger partial charge in [-0.05, 0) is 57.8 Å². The molecule has 0 aliphatic rings. The van der Waals surface area contributed by atoms with Gasteiger partial charge in [-0.2, -0.15) is 0 Å². The molecule has 0 N–H and O–H groups in total. The number of hydrogen-bond donors (Lipinski definition) is 0. The van der Waals surface area contributed by atoms with Crippen LogP contribution >= 0.6 is 11.8 Å². The third-order valence-electron chi connectivity index (χ3n) is 11.2. The lowest BCUT2D eigenvalue weighted by Crippen LogP contribution is -2.37. The molecule has 0 fully saturated rings. The Morgan fingerprint density at radius 1 is 0.509 bits per heavy atom. The van der Waals surface area contributed by atoms with Crippen LogP contribution in [0.2, 0.25) is 0 Å². The molecule has 0 rings (SSSR count). The van der Waals surface area contributed by atoms with Gasteiger partial charge < -0.3 is 18.9 Å². The Labute approximate surface area is 359 Å². The van der Waals surface area contributed by atoms with Crippen LogP contribution in [0.1, 0.15) is 233 Å². The molecule has 0 aromatic carbocycles. The molecular formula is C49H97N2O5S+. The second-order valence-electron chi connectivity index (χ2n) is 18.0. The normalized spacial score (nSPS) is 11.7. The maximum atomic E-state index is 13.3. The summed E-state index contributed by atoms with van der Waals surface area (Å²) in [5.41, 5.74) is 0. The van der Waals surface area contributed by atoms with Crippen molar-refractivity contribution < 1.29 is 28.3 Å². The van der Waals surface area contributed by atoms with Crippen molar-refractivity contribution in [3.63, 3.8) is 0 Å². The van der Waals surface area contributed by atoms with E-state index in [1.165, 1.54) is 122 Å². The van der Waals surface area contributed by atoms with Crippen molar-refractivity contribution in [1.82, 2.24) is 4.90 Å². The minimum Gasteiger partial charge on any atom is -0.466 e. The van der Waals surface area contributed by atoms with Crippen molar-refractivity contribution in [1.29, 1.82) is 0 Å². The smallest absolute Gasteiger partial charge is 0.306 e. The Kier molecular flexibility index (Phi) is 40.5. The Hall–Kier alpha value is -1.28. The number of hydrogen-bond acceptors (Lipinski definition) is 6. The summed E-state index contributed by atoms with van der Waals surface area (Å²) in [5, 5.41) is 0. The quantitative estimate of drug-likeness (QED) is 0.0346. The number of thioether (sulfide) groups is 1. The van der Waals surface area contributed by atoms with Gasteiger partial charge in [-0.15, -0.1) is 11.8 Å². The number of ether oxygens (including phenoxy) is 2. The fourth-order valence-electron chi connectivity index (χ4n) is 7.28. The minimum atomic E-state index is -0.0782. The summed E-state index contributed by atoms with van der Waals surface area (Å²) < 4.78 is 12.4. The first-order valence-corrected chi connectivity index (χ1v) is 25.8. The zero-order valence-corrected chi connectivity index (χ0v) is 39.8. The molecule has 7 nitrogen and oxygen atoms in total. The van der Waals surface area contributed by atoms with Crippen LogP contribution in [-0.4, -0.2) is 92.2 Å². The van der Waals surface area contributed by atoms with Crippen LogP contribution in [0.5, 0.6) is 0 Å². The SMILES string of the molecule is CCCCCCCCCCCOC(=O)CCCCCN(CCCCCCCC(=O)OC(CCCCCCCC)CCCCCCCC)C(=O)CSCC[N+](C)(C)C. The van der Waals surface area contributed by atoms with E-state index in [1.807, 2.05) is 0 Å². The molecule has 8 heteroatoms. The molecule has 0 unspecified atom stereocenters. The molecule has 0 heterocycles. The predicted octanol–water partition coefficient (Wildman–Crippen LogP) is 13.6. The molecule has 0 saturated heterocycles. The van der Waals surface area contributed by atoms with Gasteiger partial charge in [-0.1, -0.05) is 162 Å². The van der Waals surface area contributed by atoms with Gasteiger partial charge in [0.15, 0.2) is 0 Å². The Bertz CT molecular complexity index is 895. The molecule has 0 aliphatic heterocycles. The Balaban J connectivity index is 4.48. The van der Waals surface area contributed by atoms with Crippen molar-refractivity contribution in [2.45, 2.75) is 239 Å². The fourth-order valence-corrected chi connectivity index (χ4v) is 8.46. The van der Waals surface area contributed by atoms with Gasteiger partial charge in [0.25, 0.3) is 0 Å². The van der Waals surface area contributed by atoms with Gasteiger partial charge in [0.05, 0.1) is 40.0 Å². The van der Waals surface area contributed by atoms with E-state index in [0.717, 1.165) is 107 Å². The van der Waals surface area contributed by atoms with E-state index in [9.17, 15) is 14.4 Å². The van der Waals surface area contributed by atoms with Gasteiger partial charge in [-0.3, -0.25) is 14.4 Å². The van der Waals surface area contributed by atoms with Crippen LogP contribution < -0.4 is 0 Å². The Morgan fingerprint density at radius 3 is 1.40 bits per heavy atom. The van der Waals surface area contributed by atoms with Crippen LogP contribution in [0.4, 0.5) is 0 Å². The van der Waals surface area contributed by atoms with Gasteiger partial charge in [-0.25, -0.2) is 0 Å². The second-order valence-corrected chi connectivity index (χ2v) is 19.2. The van der Waals surface area contributed by atoms with Crippen LogP contribution in [0.3, 0.4) is 0 Å². The summed E-state index contributed by atoms with van der Waals surface area (Å²) in [6, 6.07) is 0. The zero-order valence-electron chi connectivity index (χ0n) is 39.0. The molecule has 0 aliphatic carbocycles. The van der Waals surface area contributed by atoms with Crippen molar-refractivity contribution in [2.75, 3.05) is 58.9 Å². The molecule has 57 heavy (non-hydrogen) atoms. The average molecular weight is 826 g/mol. The first-order chi connectivity index (χ1) is 27.6. The molecular weight excluding hydrogens is 729 g/mol. The fraction of sp³-hybridized carbons (Fsp3) is 0.939. The first kappa shape index (κ1) is 55.7. The molecule has 0 bridgehead atoms. The summed E-state index contributed by atoms with van der Waals surface area (Å²) in [5.74, 6) is 1.66. The topological polar surface area (TPSA) is 72.9 Å². The standard InChI is InChI=1S/C49H97N2O5S/c1-7-10-13-16-19-20-21-27-35-43-55-48(53)38-32-28-34-41-50(47(52)45-57-44-42-51(4,5)6)40-33-26-22-25-31-39-49(54)56-46(36-29-23-17-14-11-8-2)37-30-24-18-15-12-9-3/h46H,7-45H2,1-6H3/q+1. The third-order valence-corrected chi connectivity index (χ3v) is 12.1. The highest BCUT2D eigenvalue weighted by Gasteiger charge is 2.16. The summed E-state index contributed by atoms with van der Waals surface area (Å²) in [6.07, 6.45) is 37.4. The molecule has 1 amide bonds. The number of esters is 2. The summed E-state index contributed by atoms with van der Waals surface area (Å²) in [7, 11) is 6.57. The molecule has 0 aromatic rings. The molecule has 0 radical (unpaired) electrons. The molecule has 0 spiro atoms. The van der Waals surface area contributed by atoms with Gasteiger partial charge in [0.1, 0.15) is 6.10 Å². The lowest BCUT2D eigenvalue weighted by atomic mass is 10.0. The van der Waals surface area contributed by atoms with Crippen LogP contribution in [-0.2, 0) is 23.9 Å². The van der Waals surface area contributed by atoms with Crippen molar-refractivity contribution in [3.05, 3.63) is 0 Å². The highest BCUT2D eigenvalue weighted by molar-refractivity contribution is 7.99. The summed E-state index contributed by atoms with van der Waals surface area (Å²) in [6.45, 7) is 9.91. The maximum Gasteiger partial charge on any atom is 0.306 e. The third kappa shape index (κ3) is 41.3. The van der Waals surface area contributed by atoms with Crippen molar-refractivity contribution >= 4 is 29.6 Å². The van der Waals surface area contributed by atoms with E-state index < -0.39 is 0 Å². The molecule has 0 atom stereocenters. The number of rotatable bonds is 44. The van der Waals surface area contributed by atoms with Gasteiger partial charge in [0, 0.05) is 31.7 Å². The molecule has 0 saturated carbocycles. The van der Waals surface area contributed by atoms with Crippen LogP contribution in [0.25, 0.3) is 0 Å². The first-order valence-electron chi connectivity index (χ1n) is 24.6. The highest BCUT2D eigenvalue weighted by Crippen LogP contribution is 2.19. The summed E-state index contributed by atoms with van der Waals surface area (Å²) in [4.78, 5) is 40.4. The van der Waals surface area contributed by atoms with Crippen LogP contribution in [0.15, 0.2) is 0 Å². The van der Waals surface area contributed by atoms with E-state index in [4.69, 9.17) is 9.47 Å². The average Bonchev–Trinajstić information content (AvgIpc) is 3.17. The number of quaternary nitrogens is 1. The highest BCUT2D eigenvalue weighted by atomic mass is 32.2. The lowest BCUT2D eigenvalue weighted by Gasteiger charge is -2.25. The second kappa shape index (κ2) is 41.5. The van der Waals surface area contributed by atoms with Crippen molar-refractivity contribution in [2.24, 2.45) is 0 Å². The zero-order chi connectivity index (χ0) is 42.1. The number of carbonyl (C=O) groups is 3. The summed E-state index contributed by atoms with van der Waals surface area (Å²) >= 11 is 1.74. The maximum absolute atomic E-state index is 13.3. The van der Waals surface area contributed by atoms with E-state index >= 15 is 0 Å². The van der Waals surface area contributed by atoms with Crippen molar-refractivity contribution in [3.8, 4) is 0 Å². The molecule has 0 aromatic heterocycles. The monoisotopic (exact) mass is 826 g/mol. The van der Waals surface area contributed by atoms with E-state index in [-0.39, 0.29) is 23.9 Å². The van der Waals surface area contributed by atoms with Crippen LogP contribution in [0, 0.1) is 0 Å². The molecule has 338 valence electrons. The van der Waals surface area contributed by atoms with E-state index in [2.05, 4.69) is 46.8 Å². The number of amides is 1. The van der Waals surface area contributed by atoms with E-state index in [1.54, 1.807) is 11.8 Å². The number of carbonyl (C=O) groups excluding carboxylic acids is 3. The lowest BCUT2D eigenvalue weighted by molar-refractivity contribution is -0.867.